The molecule has 0 aromatic heterocycles. The summed E-state index contributed by atoms with van der Waals surface area (Å²) in [5.41, 5.74) is 0. The van der Waals surface area contributed by atoms with Gasteiger partial charge in [-0.05, 0) is 13.0 Å². The van der Waals surface area contributed by atoms with E-state index in [0.717, 1.165) is 12.1 Å². The zero-order valence-electron chi connectivity index (χ0n) is 5.93. The second-order valence-corrected chi connectivity index (χ2v) is 3.08. The summed E-state index contributed by atoms with van der Waals surface area (Å²) in [7, 11) is 0. The molecule has 0 aliphatic carbocycles. The van der Waals surface area contributed by atoms with E-state index in [0.29, 0.717) is 0 Å². The highest BCUT2D eigenvalue weighted by Crippen LogP contribution is 2.21. The number of likely N-dealkylation sites (N-methyl/N-ethyl adjacent to an activating group) is 1. The van der Waals surface area contributed by atoms with Crippen molar-refractivity contribution in [1.29, 1.82) is 0 Å². The standard InChI is InChI=1S/C7H14N2.H2/c1-2-9-5-6-3-7(9)4-8-6;/h6-8H,2-5H2,1H3;1H. The Morgan fingerprint density at radius 3 is 3.00 bits per heavy atom. The van der Waals surface area contributed by atoms with Gasteiger partial charge in [0, 0.05) is 26.6 Å². The first-order chi connectivity index (χ1) is 4.40. The zero-order chi connectivity index (χ0) is 6.27. The highest BCUT2D eigenvalue weighted by atomic mass is 15.3. The van der Waals surface area contributed by atoms with Gasteiger partial charge in [-0.25, -0.2) is 0 Å². The topological polar surface area (TPSA) is 15.3 Å². The molecule has 9 heavy (non-hydrogen) atoms. The number of nitrogens with one attached hydrogen (secondary N) is 1. The van der Waals surface area contributed by atoms with Gasteiger partial charge in [-0.2, -0.15) is 0 Å². The van der Waals surface area contributed by atoms with Gasteiger partial charge in [0.25, 0.3) is 0 Å². The maximum absolute atomic E-state index is 3.48. The normalized spacial score (nSPS) is 42.3. The fourth-order valence-electron chi connectivity index (χ4n) is 2.03. The van der Waals surface area contributed by atoms with Crippen LogP contribution < -0.4 is 5.32 Å². The van der Waals surface area contributed by atoms with Crippen LogP contribution in [0.1, 0.15) is 14.8 Å². The Balaban J connectivity index is 0.000000500. The maximum Gasteiger partial charge on any atom is 0.0236 e. The van der Waals surface area contributed by atoms with Crippen LogP contribution in [0.3, 0.4) is 0 Å². The molecule has 0 amide bonds. The molecule has 0 saturated carbocycles. The Hall–Kier alpha value is -0.0800. The lowest BCUT2D eigenvalue weighted by atomic mass is 10.2. The minimum atomic E-state index is 0. The van der Waals surface area contributed by atoms with Crippen LogP contribution in [-0.2, 0) is 0 Å². The molecule has 2 rings (SSSR count). The Labute approximate surface area is 57.7 Å². The first-order valence-corrected chi connectivity index (χ1v) is 3.87. The molecule has 0 aromatic carbocycles. The molecule has 2 atom stereocenters. The highest BCUT2D eigenvalue weighted by molar-refractivity contribution is 4.96. The van der Waals surface area contributed by atoms with E-state index in [2.05, 4.69) is 17.1 Å². The van der Waals surface area contributed by atoms with E-state index in [1.54, 1.807) is 0 Å². The van der Waals surface area contributed by atoms with E-state index < -0.39 is 0 Å². The van der Waals surface area contributed by atoms with Crippen molar-refractivity contribution in [2.75, 3.05) is 19.6 Å². The summed E-state index contributed by atoms with van der Waals surface area (Å²) < 4.78 is 0. The fourth-order valence-corrected chi connectivity index (χ4v) is 2.03. The predicted octanol–water partition coefficient (Wildman–Crippen LogP) is 0.298. The van der Waals surface area contributed by atoms with E-state index in [1.807, 2.05) is 0 Å². The van der Waals surface area contributed by atoms with Crippen LogP contribution in [0.25, 0.3) is 0 Å². The minimum absolute atomic E-state index is 0. The quantitative estimate of drug-likeness (QED) is 0.546. The van der Waals surface area contributed by atoms with Crippen molar-refractivity contribution in [2.45, 2.75) is 25.4 Å². The number of rotatable bonds is 1. The molecule has 2 nitrogen and oxygen atoms in total. The fraction of sp³-hybridized carbons (Fsp3) is 1.00. The van der Waals surface area contributed by atoms with E-state index in [4.69, 9.17) is 0 Å². The van der Waals surface area contributed by atoms with Crippen molar-refractivity contribution in [1.82, 2.24) is 10.2 Å². The zero-order valence-corrected chi connectivity index (χ0v) is 5.93. The van der Waals surface area contributed by atoms with Crippen molar-refractivity contribution in [3.63, 3.8) is 0 Å². The third-order valence-electron chi connectivity index (χ3n) is 2.58. The van der Waals surface area contributed by atoms with Gasteiger partial charge in [0.05, 0.1) is 0 Å². The van der Waals surface area contributed by atoms with Gasteiger partial charge in [0.15, 0.2) is 0 Å². The lowest BCUT2D eigenvalue weighted by Gasteiger charge is -2.25. The summed E-state index contributed by atoms with van der Waals surface area (Å²) in [6.07, 6.45) is 1.40. The third-order valence-corrected chi connectivity index (χ3v) is 2.58. The van der Waals surface area contributed by atoms with Crippen LogP contribution in [0, 0.1) is 0 Å². The molecule has 2 heteroatoms. The van der Waals surface area contributed by atoms with Gasteiger partial charge in [0.1, 0.15) is 0 Å². The molecular weight excluding hydrogens is 112 g/mol. The first-order valence-electron chi connectivity index (χ1n) is 3.87. The molecule has 0 aromatic rings. The SMILES string of the molecule is CCN1CC2CC1CN2.[HH]. The average molecular weight is 128 g/mol. The van der Waals surface area contributed by atoms with Crippen molar-refractivity contribution in [3.8, 4) is 0 Å². The number of fused-ring (bicyclic) bond motifs is 2. The van der Waals surface area contributed by atoms with E-state index >= 15 is 0 Å². The van der Waals surface area contributed by atoms with Gasteiger partial charge in [0.2, 0.25) is 0 Å². The number of likely N-dealkylation sites (tertiary alicyclic amines) is 1. The van der Waals surface area contributed by atoms with Crippen LogP contribution in [0.15, 0.2) is 0 Å². The van der Waals surface area contributed by atoms with Crippen LogP contribution in [0.4, 0.5) is 0 Å². The number of hydrogen-bond acceptors (Lipinski definition) is 2. The summed E-state index contributed by atoms with van der Waals surface area (Å²) in [6.45, 7) is 6.02. The van der Waals surface area contributed by atoms with E-state index in [-0.39, 0.29) is 1.43 Å². The van der Waals surface area contributed by atoms with Crippen molar-refractivity contribution >= 4 is 0 Å². The van der Waals surface area contributed by atoms with Crippen molar-refractivity contribution in [3.05, 3.63) is 0 Å². The smallest absolute Gasteiger partial charge is 0.0236 e. The summed E-state index contributed by atoms with van der Waals surface area (Å²) >= 11 is 0. The Morgan fingerprint density at radius 2 is 2.67 bits per heavy atom. The number of nitrogens with zero attached hydrogens (tertiary/aromatic N) is 1. The highest BCUT2D eigenvalue weighted by Gasteiger charge is 2.35. The largest absolute Gasteiger partial charge is 0.311 e. The Morgan fingerprint density at radius 1 is 1.78 bits per heavy atom. The van der Waals surface area contributed by atoms with E-state index in [9.17, 15) is 0 Å². The Kier molecular flexibility index (Phi) is 1.24. The van der Waals surface area contributed by atoms with Crippen LogP contribution >= 0.6 is 0 Å². The molecule has 2 unspecified atom stereocenters. The lowest BCUT2D eigenvalue weighted by molar-refractivity contribution is 0.238. The number of piperazine rings is 1. The lowest BCUT2D eigenvalue weighted by Crippen LogP contribution is -2.43. The van der Waals surface area contributed by atoms with Crippen LogP contribution in [0.5, 0.6) is 0 Å². The van der Waals surface area contributed by atoms with Gasteiger partial charge < -0.3 is 5.32 Å². The molecule has 0 radical (unpaired) electrons. The molecule has 54 valence electrons. The minimum Gasteiger partial charge on any atom is -0.311 e. The van der Waals surface area contributed by atoms with Gasteiger partial charge >= 0.3 is 0 Å². The number of hydrogen-bond donors (Lipinski definition) is 1. The van der Waals surface area contributed by atoms with Crippen LogP contribution in [-0.4, -0.2) is 36.6 Å². The summed E-state index contributed by atoms with van der Waals surface area (Å²) in [6, 6.07) is 1.70. The second kappa shape index (κ2) is 1.96. The summed E-state index contributed by atoms with van der Waals surface area (Å²) in [5.74, 6) is 0. The molecular formula is C7H16N2. The van der Waals surface area contributed by atoms with Gasteiger partial charge in [-0.1, -0.05) is 6.92 Å². The predicted molar refractivity (Wildman–Crippen MR) is 39.6 cm³/mol. The second-order valence-electron chi connectivity index (χ2n) is 3.08. The van der Waals surface area contributed by atoms with Crippen molar-refractivity contribution in [2.24, 2.45) is 0 Å². The third kappa shape index (κ3) is 0.775. The van der Waals surface area contributed by atoms with Crippen molar-refractivity contribution < 1.29 is 1.43 Å². The van der Waals surface area contributed by atoms with E-state index in [1.165, 1.54) is 26.1 Å². The van der Waals surface area contributed by atoms with Crippen LogP contribution in [0.2, 0.25) is 0 Å². The monoisotopic (exact) mass is 128 g/mol. The molecule has 2 bridgehead atoms. The van der Waals surface area contributed by atoms with Gasteiger partial charge in [-0.15, -0.1) is 0 Å². The Bertz CT molecular complexity index is 118. The molecule has 2 saturated heterocycles. The summed E-state index contributed by atoms with van der Waals surface area (Å²) in [4.78, 5) is 2.57. The average Bonchev–Trinajstić information content (AvgIpc) is 2.45. The molecule has 0 spiro atoms. The van der Waals surface area contributed by atoms with Gasteiger partial charge in [-0.3, -0.25) is 4.90 Å². The molecule has 2 aliphatic rings. The molecule has 2 fully saturated rings. The summed E-state index contributed by atoms with van der Waals surface area (Å²) in [5, 5.41) is 3.48. The maximum atomic E-state index is 3.48. The molecule has 2 heterocycles. The molecule has 2 aliphatic heterocycles. The first kappa shape index (κ1) is 5.69. The molecule has 1 N–H and O–H groups in total.